The summed E-state index contributed by atoms with van der Waals surface area (Å²) in [7, 11) is 0. The minimum absolute atomic E-state index is 0.0120. The molecule has 0 unspecified atom stereocenters. The number of amides is 2. The molecular formula is C21H24FN3O2. The number of aryl methyl sites for hydroxylation is 1. The number of carbonyl (C=O) groups is 2. The van der Waals surface area contributed by atoms with Gasteiger partial charge in [0.05, 0.1) is 5.69 Å². The van der Waals surface area contributed by atoms with E-state index in [2.05, 4.69) is 0 Å². The summed E-state index contributed by atoms with van der Waals surface area (Å²) in [5.41, 5.74) is 2.37. The lowest BCUT2D eigenvalue weighted by Crippen LogP contribution is -2.52. The first-order chi connectivity index (χ1) is 13.0. The number of anilines is 2. The summed E-state index contributed by atoms with van der Waals surface area (Å²) in [5.74, 6) is -0.518. The zero-order valence-corrected chi connectivity index (χ0v) is 15.7. The Labute approximate surface area is 159 Å². The lowest BCUT2D eigenvalue weighted by molar-refractivity contribution is -0.131. The van der Waals surface area contributed by atoms with E-state index in [-0.39, 0.29) is 24.2 Å². The molecule has 2 amide bonds. The average Bonchev–Trinajstić information content (AvgIpc) is 2.67. The second-order valence-electron chi connectivity index (χ2n) is 6.76. The zero-order chi connectivity index (χ0) is 19.4. The van der Waals surface area contributed by atoms with Crippen LogP contribution < -0.4 is 9.80 Å². The van der Waals surface area contributed by atoms with E-state index in [1.54, 1.807) is 17.0 Å². The van der Waals surface area contributed by atoms with E-state index in [0.717, 1.165) is 5.56 Å². The fourth-order valence-corrected chi connectivity index (χ4v) is 3.25. The smallest absolute Gasteiger partial charge is 0.242 e. The molecule has 1 heterocycles. The Morgan fingerprint density at radius 1 is 1.00 bits per heavy atom. The van der Waals surface area contributed by atoms with Crippen LogP contribution in [0.3, 0.4) is 0 Å². The standard InChI is InChI=1S/C21H24FN3O2/c1-16-7-9-18(10-8-16)25(17(2)26)15-21(27)24-13-11-23(12-14-24)20-6-4-3-5-19(20)22/h3-10H,11-15H2,1-2H3. The van der Waals surface area contributed by atoms with Gasteiger partial charge in [0.15, 0.2) is 0 Å². The van der Waals surface area contributed by atoms with Crippen molar-refractivity contribution in [1.82, 2.24) is 4.90 Å². The zero-order valence-electron chi connectivity index (χ0n) is 15.7. The van der Waals surface area contributed by atoms with Gasteiger partial charge in [0, 0.05) is 38.8 Å². The molecule has 0 radical (unpaired) electrons. The Bertz CT molecular complexity index is 814. The summed E-state index contributed by atoms with van der Waals surface area (Å²) in [6, 6.07) is 14.2. The van der Waals surface area contributed by atoms with Gasteiger partial charge < -0.3 is 14.7 Å². The molecule has 0 bridgehead atoms. The average molecular weight is 369 g/mol. The van der Waals surface area contributed by atoms with Crippen LogP contribution in [0.1, 0.15) is 12.5 Å². The second kappa shape index (κ2) is 8.20. The molecule has 1 aliphatic heterocycles. The second-order valence-corrected chi connectivity index (χ2v) is 6.76. The van der Waals surface area contributed by atoms with Crippen LogP contribution >= 0.6 is 0 Å². The van der Waals surface area contributed by atoms with Crippen LogP contribution in [0.2, 0.25) is 0 Å². The molecule has 3 rings (SSSR count). The molecule has 0 N–H and O–H groups in total. The van der Waals surface area contributed by atoms with E-state index in [9.17, 15) is 14.0 Å². The van der Waals surface area contributed by atoms with Gasteiger partial charge in [-0.2, -0.15) is 0 Å². The van der Waals surface area contributed by atoms with Crippen molar-refractivity contribution in [2.45, 2.75) is 13.8 Å². The molecular weight excluding hydrogens is 345 g/mol. The van der Waals surface area contributed by atoms with Crippen molar-refractivity contribution in [3.63, 3.8) is 0 Å². The number of halogens is 1. The molecule has 5 nitrogen and oxygen atoms in total. The normalized spacial score (nSPS) is 14.2. The number of hydrogen-bond acceptors (Lipinski definition) is 3. The van der Waals surface area contributed by atoms with Gasteiger partial charge in [-0.25, -0.2) is 4.39 Å². The van der Waals surface area contributed by atoms with Crippen LogP contribution in [0, 0.1) is 12.7 Å². The number of hydrogen-bond donors (Lipinski definition) is 0. The van der Waals surface area contributed by atoms with E-state index >= 15 is 0 Å². The van der Waals surface area contributed by atoms with E-state index < -0.39 is 0 Å². The minimum Gasteiger partial charge on any atom is -0.366 e. The summed E-state index contributed by atoms with van der Waals surface area (Å²) in [6.07, 6.45) is 0. The lowest BCUT2D eigenvalue weighted by Gasteiger charge is -2.37. The maximum atomic E-state index is 13.9. The highest BCUT2D eigenvalue weighted by Gasteiger charge is 2.25. The quantitative estimate of drug-likeness (QED) is 0.832. The van der Waals surface area contributed by atoms with Gasteiger partial charge in [0.1, 0.15) is 12.4 Å². The SMILES string of the molecule is CC(=O)N(CC(=O)N1CCN(c2ccccc2F)CC1)c1ccc(C)cc1. The molecule has 2 aromatic rings. The Kier molecular flexibility index (Phi) is 5.74. The third kappa shape index (κ3) is 4.45. The molecule has 2 aromatic carbocycles. The molecule has 0 aromatic heterocycles. The van der Waals surface area contributed by atoms with E-state index in [1.807, 2.05) is 42.2 Å². The number of nitrogens with zero attached hydrogens (tertiary/aromatic N) is 3. The number of rotatable bonds is 4. The Hall–Kier alpha value is -2.89. The van der Waals surface area contributed by atoms with Gasteiger partial charge >= 0.3 is 0 Å². The van der Waals surface area contributed by atoms with Crippen molar-refractivity contribution in [2.24, 2.45) is 0 Å². The number of piperazine rings is 1. The van der Waals surface area contributed by atoms with Crippen molar-refractivity contribution < 1.29 is 14.0 Å². The van der Waals surface area contributed by atoms with Crippen LogP contribution in [0.15, 0.2) is 48.5 Å². The molecule has 27 heavy (non-hydrogen) atoms. The predicted octanol–water partition coefficient (Wildman–Crippen LogP) is 2.84. The van der Waals surface area contributed by atoms with Gasteiger partial charge in [-0.3, -0.25) is 9.59 Å². The molecule has 1 aliphatic rings. The fourth-order valence-electron chi connectivity index (χ4n) is 3.25. The van der Waals surface area contributed by atoms with E-state index in [0.29, 0.717) is 37.6 Å². The molecule has 0 atom stereocenters. The van der Waals surface area contributed by atoms with Crippen molar-refractivity contribution in [2.75, 3.05) is 42.5 Å². The number of para-hydroxylation sites is 1. The highest BCUT2D eigenvalue weighted by atomic mass is 19.1. The first-order valence-corrected chi connectivity index (χ1v) is 9.08. The fraction of sp³-hybridized carbons (Fsp3) is 0.333. The number of carbonyl (C=O) groups excluding carboxylic acids is 2. The molecule has 1 fully saturated rings. The van der Waals surface area contributed by atoms with Crippen molar-refractivity contribution in [3.8, 4) is 0 Å². The molecule has 1 saturated heterocycles. The topological polar surface area (TPSA) is 43.9 Å². The number of benzene rings is 2. The van der Waals surface area contributed by atoms with Crippen LogP contribution in [0.5, 0.6) is 0 Å². The summed E-state index contributed by atoms with van der Waals surface area (Å²) >= 11 is 0. The predicted molar refractivity (Wildman–Crippen MR) is 104 cm³/mol. The van der Waals surface area contributed by atoms with Gasteiger partial charge in [-0.1, -0.05) is 29.8 Å². The van der Waals surface area contributed by atoms with E-state index in [4.69, 9.17) is 0 Å². The van der Waals surface area contributed by atoms with Gasteiger partial charge in [0.25, 0.3) is 0 Å². The monoisotopic (exact) mass is 369 g/mol. The van der Waals surface area contributed by atoms with Crippen molar-refractivity contribution in [1.29, 1.82) is 0 Å². The summed E-state index contributed by atoms with van der Waals surface area (Å²) in [5, 5.41) is 0. The van der Waals surface area contributed by atoms with Crippen LogP contribution in [0.25, 0.3) is 0 Å². The van der Waals surface area contributed by atoms with Crippen LogP contribution in [0.4, 0.5) is 15.8 Å². The summed E-state index contributed by atoms with van der Waals surface area (Å²) in [6.45, 7) is 5.59. The summed E-state index contributed by atoms with van der Waals surface area (Å²) in [4.78, 5) is 29.9. The van der Waals surface area contributed by atoms with Crippen molar-refractivity contribution in [3.05, 3.63) is 59.9 Å². The molecule has 0 spiro atoms. The maximum absolute atomic E-state index is 13.9. The van der Waals surface area contributed by atoms with Gasteiger partial charge in [0.2, 0.25) is 11.8 Å². The highest BCUT2D eigenvalue weighted by Crippen LogP contribution is 2.21. The van der Waals surface area contributed by atoms with Gasteiger partial charge in [-0.15, -0.1) is 0 Å². The Morgan fingerprint density at radius 3 is 2.22 bits per heavy atom. The van der Waals surface area contributed by atoms with Gasteiger partial charge in [-0.05, 0) is 31.2 Å². The minimum atomic E-state index is -0.251. The van der Waals surface area contributed by atoms with E-state index in [1.165, 1.54) is 17.9 Å². The lowest BCUT2D eigenvalue weighted by atomic mass is 10.2. The molecule has 142 valence electrons. The third-order valence-electron chi connectivity index (χ3n) is 4.84. The first-order valence-electron chi connectivity index (χ1n) is 9.08. The van der Waals surface area contributed by atoms with Crippen molar-refractivity contribution >= 4 is 23.2 Å². The highest BCUT2D eigenvalue weighted by molar-refractivity contribution is 5.97. The molecule has 0 aliphatic carbocycles. The van der Waals surface area contributed by atoms with Crippen LogP contribution in [-0.2, 0) is 9.59 Å². The maximum Gasteiger partial charge on any atom is 0.242 e. The largest absolute Gasteiger partial charge is 0.366 e. The molecule has 0 saturated carbocycles. The van der Waals surface area contributed by atoms with Crippen LogP contribution in [-0.4, -0.2) is 49.4 Å². The Morgan fingerprint density at radius 2 is 1.63 bits per heavy atom. The third-order valence-corrected chi connectivity index (χ3v) is 4.84. The first kappa shape index (κ1) is 18.9. The summed E-state index contributed by atoms with van der Waals surface area (Å²) < 4.78 is 13.9. The Balaban J connectivity index is 1.62. The molecule has 6 heteroatoms.